The molecule has 1 atom stereocenters. The van der Waals surface area contributed by atoms with Crippen LogP contribution in [0.2, 0.25) is 0 Å². The lowest BCUT2D eigenvalue weighted by Gasteiger charge is -2.22. The zero-order valence-electron chi connectivity index (χ0n) is 17.1. The van der Waals surface area contributed by atoms with E-state index >= 15 is 0 Å². The first-order valence-electron chi connectivity index (χ1n) is 8.82. The van der Waals surface area contributed by atoms with Crippen molar-refractivity contribution in [1.82, 2.24) is 5.32 Å². The lowest BCUT2D eigenvalue weighted by molar-refractivity contribution is -0.114. The van der Waals surface area contributed by atoms with Crippen molar-refractivity contribution in [1.29, 1.82) is 5.41 Å². The van der Waals surface area contributed by atoms with E-state index in [4.69, 9.17) is 19.6 Å². The van der Waals surface area contributed by atoms with E-state index in [1.165, 1.54) is 0 Å². The second kappa shape index (κ2) is 9.34. The number of carbonyl (C=O) groups excluding carboxylic acids is 3. The van der Waals surface area contributed by atoms with Gasteiger partial charge < -0.3 is 24.9 Å². The van der Waals surface area contributed by atoms with E-state index in [2.05, 4.69) is 5.32 Å². The highest BCUT2D eigenvalue weighted by molar-refractivity contribution is 6.29. The minimum atomic E-state index is -0.940. The maximum absolute atomic E-state index is 12.0. The molecule has 1 amide bonds. The van der Waals surface area contributed by atoms with E-state index < -0.39 is 35.3 Å². The van der Waals surface area contributed by atoms with Gasteiger partial charge in [-0.25, -0.2) is 9.59 Å². The van der Waals surface area contributed by atoms with Gasteiger partial charge in [0.1, 0.15) is 23.0 Å². The maximum atomic E-state index is 12.0. The zero-order chi connectivity index (χ0) is 21.5. The molecule has 8 nitrogen and oxygen atoms in total. The normalized spacial score (nSPS) is 12.5. The molecule has 0 aromatic heterocycles. The Morgan fingerprint density at radius 3 is 2.00 bits per heavy atom. The SMILES string of the molecule is CC(C)(C)OC(=O)N[C@@H](Cc1ccc(OC(=O)OC(C)(C)C)cc1)C(=O)C=N. The Labute approximate surface area is 165 Å². The molecule has 0 bridgehead atoms. The van der Waals surface area contributed by atoms with Crippen LogP contribution in [-0.2, 0) is 20.7 Å². The maximum Gasteiger partial charge on any atom is 0.514 e. The van der Waals surface area contributed by atoms with Gasteiger partial charge >= 0.3 is 12.2 Å². The van der Waals surface area contributed by atoms with Gasteiger partial charge in [-0.2, -0.15) is 0 Å². The molecule has 0 aliphatic heterocycles. The molecule has 2 N–H and O–H groups in total. The quantitative estimate of drug-likeness (QED) is 0.434. The van der Waals surface area contributed by atoms with Crippen LogP contribution in [0.1, 0.15) is 47.1 Å². The van der Waals surface area contributed by atoms with Gasteiger partial charge in [0.15, 0.2) is 5.78 Å². The zero-order valence-corrected chi connectivity index (χ0v) is 17.1. The predicted molar refractivity (Wildman–Crippen MR) is 104 cm³/mol. The van der Waals surface area contributed by atoms with Gasteiger partial charge in [-0.05, 0) is 59.2 Å². The number of rotatable bonds is 6. The number of hydrogen-bond acceptors (Lipinski definition) is 7. The Kier molecular flexibility index (Phi) is 7.72. The van der Waals surface area contributed by atoms with E-state index in [1.807, 2.05) is 0 Å². The molecule has 8 heteroatoms. The first kappa shape index (κ1) is 23.1. The van der Waals surface area contributed by atoms with Crippen LogP contribution in [0.5, 0.6) is 5.75 Å². The third kappa shape index (κ3) is 9.16. The molecule has 0 saturated heterocycles. The van der Waals surface area contributed by atoms with Gasteiger partial charge in [-0.3, -0.25) is 4.79 Å². The average molecular weight is 392 g/mol. The van der Waals surface area contributed by atoms with Crippen molar-refractivity contribution < 1.29 is 28.6 Å². The van der Waals surface area contributed by atoms with E-state index in [-0.39, 0.29) is 12.2 Å². The van der Waals surface area contributed by atoms with Crippen molar-refractivity contribution >= 4 is 24.2 Å². The fourth-order valence-corrected chi connectivity index (χ4v) is 2.07. The summed E-state index contributed by atoms with van der Waals surface area (Å²) < 4.78 is 15.3. The Morgan fingerprint density at radius 2 is 1.54 bits per heavy atom. The summed E-state index contributed by atoms with van der Waals surface area (Å²) >= 11 is 0. The van der Waals surface area contributed by atoms with Crippen LogP contribution in [0.4, 0.5) is 9.59 Å². The highest BCUT2D eigenvalue weighted by atomic mass is 16.7. The van der Waals surface area contributed by atoms with Gasteiger partial charge in [0, 0.05) is 6.42 Å². The number of amides is 1. The molecule has 0 aliphatic carbocycles. The molecule has 0 radical (unpaired) electrons. The highest BCUT2D eigenvalue weighted by Crippen LogP contribution is 2.16. The monoisotopic (exact) mass is 392 g/mol. The number of alkyl carbamates (subject to hydrolysis) is 1. The molecule has 1 aromatic rings. The molecule has 28 heavy (non-hydrogen) atoms. The first-order valence-corrected chi connectivity index (χ1v) is 8.82. The molecule has 0 saturated carbocycles. The predicted octanol–water partition coefficient (Wildman–Crippen LogP) is 3.65. The van der Waals surface area contributed by atoms with Crippen molar-refractivity contribution in [3.05, 3.63) is 29.8 Å². The van der Waals surface area contributed by atoms with Crippen molar-refractivity contribution in [3.8, 4) is 5.75 Å². The number of ketones is 1. The molecule has 0 spiro atoms. The van der Waals surface area contributed by atoms with E-state index in [1.54, 1.807) is 65.8 Å². The molecule has 0 fully saturated rings. The van der Waals surface area contributed by atoms with Gasteiger partial charge in [-0.15, -0.1) is 0 Å². The van der Waals surface area contributed by atoms with Crippen molar-refractivity contribution in [2.75, 3.05) is 0 Å². The van der Waals surface area contributed by atoms with Crippen LogP contribution in [0.3, 0.4) is 0 Å². The molecule has 154 valence electrons. The van der Waals surface area contributed by atoms with Crippen LogP contribution < -0.4 is 10.1 Å². The summed E-state index contributed by atoms with van der Waals surface area (Å²) in [5.41, 5.74) is -0.666. The fraction of sp³-hybridized carbons (Fsp3) is 0.500. The number of benzene rings is 1. The Morgan fingerprint density at radius 1 is 1.00 bits per heavy atom. The van der Waals surface area contributed by atoms with Gasteiger partial charge in [0.05, 0.1) is 6.21 Å². The van der Waals surface area contributed by atoms with Gasteiger partial charge in [0.25, 0.3) is 0 Å². The molecular formula is C20H28N2O6. The minimum Gasteiger partial charge on any atom is -0.444 e. The number of hydrogen-bond donors (Lipinski definition) is 2. The molecule has 0 unspecified atom stereocenters. The number of ether oxygens (including phenoxy) is 3. The molecule has 1 rings (SSSR count). The third-order valence-corrected chi connectivity index (χ3v) is 3.13. The van der Waals surface area contributed by atoms with E-state index in [9.17, 15) is 14.4 Å². The van der Waals surface area contributed by atoms with Crippen LogP contribution in [0.15, 0.2) is 24.3 Å². The number of carbonyl (C=O) groups is 3. The van der Waals surface area contributed by atoms with Crippen molar-refractivity contribution in [2.45, 2.75) is 65.2 Å². The van der Waals surface area contributed by atoms with E-state index in [0.717, 1.165) is 0 Å². The summed E-state index contributed by atoms with van der Waals surface area (Å²) in [6.45, 7) is 10.3. The first-order chi connectivity index (χ1) is 12.8. The molecule has 1 aromatic carbocycles. The Hall–Kier alpha value is -2.90. The van der Waals surface area contributed by atoms with Gasteiger partial charge in [0.2, 0.25) is 0 Å². The lowest BCUT2D eigenvalue weighted by Crippen LogP contribution is -2.45. The number of Topliss-reactive ketones (excluding diaryl/α,β-unsaturated/α-hetero) is 1. The smallest absolute Gasteiger partial charge is 0.444 e. The van der Waals surface area contributed by atoms with Crippen LogP contribution >= 0.6 is 0 Å². The standard InChI is InChI=1S/C20H28N2O6/c1-19(2,3)27-17(24)22-15(16(23)12-21)11-13-7-9-14(10-8-13)26-18(25)28-20(4,5)6/h7-10,12,15,21H,11H2,1-6H3,(H,22,24)/t15-/m0/s1. The third-order valence-electron chi connectivity index (χ3n) is 3.13. The largest absolute Gasteiger partial charge is 0.514 e. The lowest BCUT2D eigenvalue weighted by atomic mass is 10.0. The second-order valence-corrected chi connectivity index (χ2v) is 8.16. The van der Waals surface area contributed by atoms with Crippen molar-refractivity contribution in [2.24, 2.45) is 0 Å². The number of nitrogens with one attached hydrogen (secondary N) is 2. The highest BCUT2D eigenvalue weighted by Gasteiger charge is 2.24. The fourth-order valence-electron chi connectivity index (χ4n) is 2.07. The summed E-state index contributed by atoms with van der Waals surface area (Å²) in [5, 5.41) is 9.65. The van der Waals surface area contributed by atoms with Crippen molar-refractivity contribution in [3.63, 3.8) is 0 Å². The molecule has 0 aliphatic rings. The Bertz CT molecular complexity index is 714. The van der Waals surface area contributed by atoms with Crippen LogP contribution in [0, 0.1) is 5.41 Å². The Balaban J connectivity index is 2.76. The summed E-state index contributed by atoms with van der Waals surface area (Å²) in [6, 6.07) is 5.48. The van der Waals surface area contributed by atoms with Gasteiger partial charge in [-0.1, -0.05) is 12.1 Å². The topological polar surface area (TPSA) is 115 Å². The summed E-state index contributed by atoms with van der Waals surface area (Å²) in [7, 11) is 0. The molecule has 0 heterocycles. The summed E-state index contributed by atoms with van der Waals surface area (Å²) in [4.78, 5) is 35.6. The second-order valence-electron chi connectivity index (χ2n) is 8.16. The minimum absolute atomic E-state index is 0.153. The van der Waals surface area contributed by atoms with Crippen LogP contribution in [-0.4, -0.2) is 41.5 Å². The molecular weight excluding hydrogens is 364 g/mol. The summed E-state index contributed by atoms with van der Waals surface area (Å²) in [6.07, 6.45) is -0.747. The summed E-state index contributed by atoms with van der Waals surface area (Å²) in [5.74, 6) is -0.270. The van der Waals surface area contributed by atoms with E-state index in [0.29, 0.717) is 11.8 Å². The average Bonchev–Trinajstić information content (AvgIpc) is 2.51. The van der Waals surface area contributed by atoms with Crippen LogP contribution in [0.25, 0.3) is 0 Å².